The summed E-state index contributed by atoms with van der Waals surface area (Å²) >= 11 is 0. The van der Waals surface area contributed by atoms with Gasteiger partial charge in [0.2, 0.25) is 18.2 Å². The van der Waals surface area contributed by atoms with Gasteiger partial charge in [0.05, 0.1) is 19.8 Å². The largest absolute Gasteiger partial charge is 0.462 e. The second-order valence-electron chi connectivity index (χ2n) is 15.4. The number of carbonyl (C=O) groups excluding carboxylic acids is 2. The van der Waals surface area contributed by atoms with Crippen LogP contribution in [0.25, 0.3) is 0 Å². The number of hydrogen-bond donors (Lipinski definition) is 13. The lowest BCUT2D eigenvalue weighted by atomic mass is 9.81. The van der Waals surface area contributed by atoms with Crippen LogP contribution in [-0.4, -0.2) is 202 Å². The zero-order valence-corrected chi connectivity index (χ0v) is 34.1. The van der Waals surface area contributed by atoms with Gasteiger partial charge < -0.3 is 104 Å². The van der Waals surface area contributed by atoms with E-state index in [1.54, 1.807) is 6.92 Å². The van der Waals surface area contributed by atoms with E-state index in [0.29, 0.717) is 11.1 Å². The minimum atomic E-state index is -2.76. The topological polar surface area (TPSA) is 371 Å². The Kier molecular flexibility index (Phi) is 17.6. The summed E-state index contributed by atoms with van der Waals surface area (Å²) in [6, 6.07) is 11.2. The Balaban J connectivity index is 1.32. The van der Waals surface area contributed by atoms with Crippen molar-refractivity contribution in [3.05, 3.63) is 59.7 Å². The molecule has 5 rings (SSSR count). The predicted octanol–water partition coefficient (Wildman–Crippen LogP) is -5.21. The highest BCUT2D eigenvalue weighted by molar-refractivity contribution is 5.89. The van der Waals surface area contributed by atoms with Gasteiger partial charge in [-0.3, -0.25) is 0 Å². The maximum atomic E-state index is 14.3. The summed E-state index contributed by atoms with van der Waals surface area (Å²) in [6.45, 7) is -0.298. The summed E-state index contributed by atoms with van der Waals surface area (Å²) in [6.07, 6.45) is -27.3. The lowest BCUT2D eigenvalue weighted by Gasteiger charge is -2.46. The third-order valence-electron chi connectivity index (χ3n) is 11.3. The van der Waals surface area contributed by atoms with Crippen LogP contribution in [0, 0.1) is 5.92 Å². The smallest absolute Gasteiger partial charge is 0.342 e. The van der Waals surface area contributed by atoms with E-state index in [4.69, 9.17) is 37.9 Å². The van der Waals surface area contributed by atoms with E-state index in [1.165, 1.54) is 55.5 Å². The average molecular weight is 905 g/mol. The quantitative estimate of drug-likeness (QED) is 0.0622. The van der Waals surface area contributed by atoms with Gasteiger partial charge in [0.15, 0.2) is 12.4 Å². The van der Waals surface area contributed by atoms with Crippen LogP contribution in [0.5, 0.6) is 11.5 Å². The normalized spacial score (nSPS) is 35.4. The number of aliphatic hydroxyl groups is 13. The first kappa shape index (κ1) is 50.3. The van der Waals surface area contributed by atoms with E-state index in [-0.39, 0.29) is 17.9 Å². The van der Waals surface area contributed by atoms with Crippen LogP contribution < -0.4 is 9.47 Å². The molecule has 2 aromatic carbocycles. The molecule has 3 fully saturated rings. The Morgan fingerprint density at radius 3 is 1.32 bits per heavy atom. The minimum Gasteiger partial charge on any atom is -0.462 e. The number of esters is 2. The Bertz CT molecular complexity index is 1750. The van der Waals surface area contributed by atoms with E-state index in [1.807, 2.05) is 0 Å². The molecule has 0 bridgehead atoms. The molecule has 2 aromatic rings. The molecule has 13 N–H and O–H groups in total. The highest BCUT2D eigenvalue weighted by atomic mass is 16.7. The van der Waals surface area contributed by atoms with Crippen molar-refractivity contribution < 1.29 is 114 Å². The highest BCUT2D eigenvalue weighted by Crippen LogP contribution is 2.37. The lowest BCUT2D eigenvalue weighted by molar-refractivity contribution is -0.338. The summed E-state index contributed by atoms with van der Waals surface area (Å²) < 4.78 is 44.3. The standard InChI is InChI=1S/C40H56O23/c1-3-17(2)40(63-38-33(52)30(49)27(46)24(14-43)62-38,39(55)57-16-19-6-10-21(11-7-19)59-37-32(51)29(48)26(45)23(13-42)61-37)34(53)35(54)56-15-18-4-8-20(9-5-18)58-36-31(50)28(47)25(44)22(12-41)60-36/h4-11,17,22-34,36-38,41-53H,3,12-16H2,1-2H3. The van der Waals surface area contributed by atoms with E-state index < -0.39 is 155 Å². The number of ether oxygens (including phenoxy) is 8. The van der Waals surface area contributed by atoms with Crippen molar-refractivity contribution in [1.82, 2.24) is 0 Å². The summed E-state index contributed by atoms with van der Waals surface area (Å²) in [4.78, 5) is 28.0. The third kappa shape index (κ3) is 11.1. The molecular weight excluding hydrogens is 848 g/mol. The van der Waals surface area contributed by atoms with Crippen molar-refractivity contribution in [1.29, 1.82) is 0 Å². The fraction of sp³-hybridized carbons (Fsp3) is 0.650. The van der Waals surface area contributed by atoms with Gasteiger partial charge in [0.25, 0.3) is 0 Å². The van der Waals surface area contributed by atoms with Gasteiger partial charge in [0, 0.05) is 0 Å². The lowest BCUT2D eigenvalue weighted by Crippen LogP contribution is -2.66. The van der Waals surface area contributed by atoms with E-state index in [0.717, 1.165) is 0 Å². The average Bonchev–Trinajstić information content (AvgIpc) is 3.29. The van der Waals surface area contributed by atoms with Gasteiger partial charge in [-0.15, -0.1) is 0 Å². The van der Waals surface area contributed by atoms with Gasteiger partial charge >= 0.3 is 11.9 Å². The Morgan fingerprint density at radius 1 is 0.571 bits per heavy atom. The van der Waals surface area contributed by atoms with Crippen molar-refractivity contribution in [2.24, 2.45) is 5.92 Å². The van der Waals surface area contributed by atoms with Crippen LogP contribution in [-0.2, 0) is 51.2 Å². The fourth-order valence-corrected chi connectivity index (χ4v) is 7.07. The predicted molar refractivity (Wildman–Crippen MR) is 204 cm³/mol. The molecule has 0 amide bonds. The Labute approximate surface area is 359 Å². The van der Waals surface area contributed by atoms with Crippen molar-refractivity contribution in [2.75, 3.05) is 19.8 Å². The summed E-state index contributed by atoms with van der Waals surface area (Å²) in [5, 5.41) is 133. The number of benzene rings is 2. The Hall–Kier alpha value is -3.70. The van der Waals surface area contributed by atoms with Crippen molar-refractivity contribution in [3.8, 4) is 11.5 Å². The first-order valence-corrected chi connectivity index (χ1v) is 20.0. The SMILES string of the molecule is CCC(C)C(OC1OC(CO)C(O)C(O)C1O)(C(=O)OCc1ccc(OC2OC(CO)C(O)C(O)C2O)cc1)C(O)C(=O)OCc1ccc(OC2OC(CO)C(O)C(O)C2O)cc1. The van der Waals surface area contributed by atoms with Crippen LogP contribution in [0.15, 0.2) is 48.5 Å². The molecule has 3 saturated heterocycles. The van der Waals surface area contributed by atoms with Crippen molar-refractivity contribution in [2.45, 2.75) is 137 Å². The minimum absolute atomic E-state index is 0.0107. The molecule has 63 heavy (non-hydrogen) atoms. The number of carbonyl (C=O) groups is 2. The first-order valence-electron chi connectivity index (χ1n) is 20.0. The molecule has 0 saturated carbocycles. The zero-order valence-electron chi connectivity index (χ0n) is 34.1. The number of hydrogen-bond acceptors (Lipinski definition) is 23. The maximum Gasteiger partial charge on any atom is 0.342 e. The molecular formula is C40H56O23. The fourth-order valence-electron chi connectivity index (χ4n) is 7.07. The molecule has 18 atom stereocenters. The highest BCUT2D eigenvalue weighted by Gasteiger charge is 2.59. The van der Waals surface area contributed by atoms with Crippen LogP contribution >= 0.6 is 0 Å². The zero-order chi connectivity index (χ0) is 46.3. The molecule has 0 radical (unpaired) electrons. The van der Waals surface area contributed by atoms with Gasteiger partial charge in [-0.1, -0.05) is 44.5 Å². The van der Waals surface area contributed by atoms with E-state index in [9.17, 15) is 76.0 Å². The van der Waals surface area contributed by atoms with Crippen molar-refractivity contribution >= 4 is 11.9 Å². The van der Waals surface area contributed by atoms with Gasteiger partial charge in [-0.2, -0.15) is 0 Å². The molecule has 0 aliphatic carbocycles. The molecule has 3 aliphatic rings. The monoisotopic (exact) mass is 904 g/mol. The molecule has 0 spiro atoms. The molecule has 3 aliphatic heterocycles. The van der Waals surface area contributed by atoms with Crippen molar-refractivity contribution in [3.63, 3.8) is 0 Å². The maximum absolute atomic E-state index is 14.3. The van der Waals surface area contributed by atoms with Crippen LogP contribution in [0.3, 0.4) is 0 Å². The molecule has 23 nitrogen and oxygen atoms in total. The molecule has 18 unspecified atom stereocenters. The van der Waals surface area contributed by atoms with Crippen LogP contribution in [0.1, 0.15) is 31.4 Å². The Morgan fingerprint density at radius 2 is 0.937 bits per heavy atom. The van der Waals surface area contributed by atoms with Crippen LogP contribution in [0.2, 0.25) is 0 Å². The summed E-state index contributed by atoms with van der Waals surface area (Å²) in [5.74, 6) is -3.75. The number of aliphatic hydroxyl groups excluding tert-OH is 13. The molecule has 0 aromatic heterocycles. The second kappa shape index (κ2) is 22.0. The molecule has 3 heterocycles. The van der Waals surface area contributed by atoms with Crippen LogP contribution in [0.4, 0.5) is 0 Å². The molecule has 354 valence electrons. The van der Waals surface area contributed by atoms with E-state index >= 15 is 0 Å². The van der Waals surface area contributed by atoms with E-state index in [2.05, 4.69) is 0 Å². The summed E-state index contributed by atoms with van der Waals surface area (Å²) in [5.41, 5.74) is -2.15. The second-order valence-corrected chi connectivity index (χ2v) is 15.4. The van der Waals surface area contributed by atoms with Gasteiger partial charge in [-0.05, 0) is 41.3 Å². The first-order chi connectivity index (χ1) is 29.9. The third-order valence-corrected chi connectivity index (χ3v) is 11.3. The summed E-state index contributed by atoms with van der Waals surface area (Å²) in [7, 11) is 0. The molecule has 23 heteroatoms. The number of rotatable bonds is 18. The van der Waals surface area contributed by atoms with Gasteiger partial charge in [-0.25, -0.2) is 9.59 Å². The van der Waals surface area contributed by atoms with Gasteiger partial charge in [0.1, 0.15) is 98.0 Å².